The molecule has 0 aromatic carbocycles. The van der Waals surface area contributed by atoms with Crippen molar-refractivity contribution in [2.45, 2.75) is 40.0 Å². The lowest BCUT2D eigenvalue weighted by Gasteiger charge is -2.34. The Hall–Kier alpha value is -1.89. The van der Waals surface area contributed by atoms with Gasteiger partial charge in [0.2, 0.25) is 0 Å². The molecule has 2 fully saturated rings. The first-order valence-corrected chi connectivity index (χ1v) is 9.13. The van der Waals surface area contributed by atoms with Gasteiger partial charge in [-0.25, -0.2) is 5.43 Å². The van der Waals surface area contributed by atoms with Crippen molar-refractivity contribution in [2.24, 2.45) is 32.7 Å². The lowest BCUT2D eigenvalue weighted by molar-refractivity contribution is -0.125. The molecule has 2 saturated carbocycles. The van der Waals surface area contributed by atoms with Crippen molar-refractivity contribution in [1.29, 1.82) is 0 Å². The van der Waals surface area contributed by atoms with Gasteiger partial charge in [0, 0.05) is 22.1 Å². The SMILES string of the molecule is CC1(C)[C@H]2CC[C@]1(C)C(=NNC(=O)CON=C(N)c1ccsc1)C2. The van der Waals surface area contributed by atoms with Crippen LogP contribution in [0, 0.1) is 16.7 Å². The maximum absolute atomic E-state index is 11.9. The number of hydrogen-bond donors (Lipinski definition) is 2. The van der Waals surface area contributed by atoms with Gasteiger partial charge in [-0.15, -0.1) is 0 Å². The van der Waals surface area contributed by atoms with Crippen LogP contribution < -0.4 is 11.2 Å². The van der Waals surface area contributed by atoms with Gasteiger partial charge in [-0.3, -0.25) is 4.79 Å². The quantitative estimate of drug-likeness (QED) is 0.487. The van der Waals surface area contributed by atoms with Crippen molar-refractivity contribution in [1.82, 2.24) is 5.43 Å². The maximum Gasteiger partial charge on any atom is 0.280 e. The molecule has 24 heavy (non-hydrogen) atoms. The van der Waals surface area contributed by atoms with Crippen LogP contribution in [0.25, 0.3) is 0 Å². The van der Waals surface area contributed by atoms with Crippen LogP contribution in [0.1, 0.15) is 45.6 Å². The minimum absolute atomic E-state index is 0.0767. The topological polar surface area (TPSA) is 89.1 Å². The van der Waals surface area contributed by atoms with Crippen molar-refractivity contribution in [2.75, 3.05) is 6.61 Å². The molecular formula is C17H24N4O2S. The van der Waals surface area contributed by atoms with E-state index < -0.39 is 0 Å². The van der Waals surface area contributed by atoms with Gasteiger partial charge < -0.3 is 10.6 Å². The highest BCUT2D eigenvalue weighted by atomic mass is 32.1. The molecule has 6 nitrogen and oxygen atoms in total. The summed E-state index contributed by atoms with van der Waals surface area (Å²) in [7, 11) is 0. The number of nitrogens with two attached hydrogens (primary N) is 1. The first-order valence-electron chi connectivity index (χ1n) is 8.18. The summed E-state index contributed by atoms with van der Waals surface area (Å²) in [5.74, 6) is 0.593. The molecular weight excluding hydrogens is 324 g/mol. The van der Waals surface area contributed by atoms with E-state index in [1.165, 1.54) is 17.8 Å². The molecule has 1 aromatic heterocycles. The lowest BCUT2D eigenvalue weighted by atomic mass is 9.70. The number of amides is 1. The number of hydrazone groups is 1. The molecule has 2 bridgehead atoms. The van der Waals surface area contributed by atoms with Gasteiger partial charge in [-0.1, -0.05) is 25.9 Å². The zero-order valence-electron chi connectivity index (χ0n) is 14.3. The number of nitrogens with zero attached hydrogens (tertiary/aromatic N) is 2. The number of carbonyl (C=O) groups excluding carboxylic acids is 1. The van der Waals surface area contributed by atoms with E-state index in [1.54, 1.807) is 0 Å². The van der Waals surface area contributed by atoms with Gasteiger partial charge in [-0.2, -0.15) is 16.4 Å². The summed E-state index contributed by atoms with van der Waals surface area (Å²) in [5, 5.41) is 11.9. The average Bonchev–Trinajstić information content (AvgIpc) is 3.18. The summed E-state index contributed by atoms with van der Waals surface area (Å²) < 4.78 is 0. The molecule has 130 valence electrons. The van der Waals surface area contributed by atoms with Gasteiger partial charge in [0.15, 0.2) is 12.4 Å². The van der Waals surface area contributed by atoms with Crippen LogP contribution in [0.15, 0.2) is 27.1 Å². The second-order valence-electron chi connectivity index (χ2n) is 7.35. The molecule has 2 aliphatic carbocycles. The maximum atomic E-state index is 11.9. The molecule has 2 aliphatic rings. The summed E-state index contributed by atoms with van der Waals surface area (Å²) in [6.07, 6.45) is 3.35. The molecule has 0 aliphatic heterocycles. The average molecular weight is 348 g/mol. The smallest absolute Gasteiger partial charge is 0.280 e. The van der Waals surface area contributed by atoms with Gasteiger partial charge in [0.05, 0.1) is 0 Å². The van der Waals surface area contributed by atoms with Crippen LogP contribution in [0.3, 0.4) is 0 Å². The van der Waals surface area contributed by atoms with Crippen molar-refractivity contribution in [3.8, 4) is 0 Å². The second kappa shape index (κ2) is 6.20. The molecule has 3 rings (SSSR count). The third-order valence-corrected chi connectivity index (χ3v) is 6.69. The number of carbonyl (C=O) groups is 1. The highest BCUT2D eigenvalue weighted by Crippen LogP contribution is 2.63. The third kappa shape index (κ3) is 2.81. The van der Waals surface area contributed by atoms with E-state index in [0.29, 0.717) is 5.92 Å². The first-order chi connectivity index (χ1) is 11.3. The fraction of sp³-hybridized carbons (Fsp3) is 0.588. The Morgan fingerprint density at radius 2 is 2.29 bits per heavy atom. The van der Waals surface area contributed by atoms with Gasteiger partial charge in [-0.05, 0) is 42.0 Å². The molecule has 0 spiro atoms. The second-order valence-corrected chi connectivity index (χ2v) is 8.13. The fourth-order valence-electron chi connectivity index (χ4n) is 3.88. The number of thiophene rings is 1. The van der Waals surface area contributed by atoms with Crippen molar-refractivity contribution in [3.05, 3.63) is 22.4 Å². The van der Waals surface area contributed by atoms with E-state index >= 15 is 0 Å². The van der Waals surface area contributed by atoms with E-state index in [0.717, 1.165) is 24.1 Å². The van der Waals surface area contributed by atoms with Crippen LogP contribution in [-0.4, -0.2) is 24.1 Å². The molecule has 2 atom stereocenters. The van der Waals surface area contributed by atoms with Gasteiger partial charge >= 0.3 is 0 Å². The summed E-state index contributed by atoms with van der Waals surface area (Å²) in [6.45, 7) is 6.67. The van der Waals surface area contributed by atoms with E-state index in [2.05, 4.69) is 36.5 Å². The minimum atomic E-state index is -0.325. The Bertz CT molecular complexity index is 681. The number of rotatable bonds is 5. The number of oxime groups is 1. The molecule has 1 amide bonds. The largest absolute Gasteiger partial charge is 0.384 e. The third-order valence-electron chi connectivity index (χ3n) is 6.00. The molecule has 7 heteroatoms. The number of amidine groups is 1. The monoisotopic (exact) mass is 348 g/mol. The number of fused-ring (bicyclic) bond motifs is 2. The number of hydrogen-bond acceptors (Lipinski definition) is 5. The van der Waals surface area contributed by atoms with E-state index in [9.17, 15) is 4.79 Å². The molecule has 0 unspecified atom stereocenters. The highest BCUT2D eigenvalue weighted by Gasteiger charge is 2.59. The predicted molar refractivity (Wildman–Crippen MR) is 95.8 cm³/mol. The zero-order valence-corrected chi connectivity index (χ0v) is 15.2. The number of nitrogens with one attached hydrogen (secondary N) is 1. The van der Waals surface area contributed by atoms with E-state index in [4.69, 9.17) is 10.6 Å². The van der Waals surface area contributed by atoms with E-state index in [1.807, 2.05) is 16.8 Å². The molecule has 0 saturated heterocycles. The Labute approximate surface area is 146 Å². The molecule has 3 N–H and O–H groups in total. The van der Waals surface area contributed by atoms with E-state index in [-0.39, 0.29) is 29.2 Å². The normalized spacial score (nSPS) is 29.9. The summed E-state index contributed by atoms with van der Waals surface area (Å²) >= 11 is 1.52. The summed E-state index contributed by atoms with van der Waals surface area (Å²) in [6, 6.07) is 1.84. The van der Waals surface area contributed by atoms with Crippen LogP contribution in [0.5, 0.6) is 0 Å². The van der Waals surface area contributed by atoms with Crippen molar-refractivity contribution >= 4 is 28.8 Å². The van der Waals surface area contributed by atoms with Crippen LogP contribution in [-0.2, 0) is 9.63 Å². The Kier molecular flexibility index (Phi) is 4.38. The van der Waals surface area contributed by atoms with Gasteiger partial charge in [0.25, 0.3) is 5.91 Å². The van der Waals surface area contributed by atoms with Crippen LogP contribution in [0.4, 0.5) is 0 Å². The van der Waals surface area contributed by atoms with Crippen molar-refractivity contribution in [3.63, 3.8) is 0 Å². The summed E-state index contributed by atoms with van der Waals surface area (Å²) in [4.78, 5) is 16.9. The Balaban J connectivity index is 1.52. The molecule has 0 radical (unpaired) electrons. The minimum Gasteiger partial charge on any atom is -0.384 e. The molecule has 1 aromatic rings. The summed E-state index contributed by atoms with van der Waals surface area (Å²) in [5.41, 5.74) is 10.6. The molecule has 1 heterocycles. The van der Waals surface area contributed by atoms with Crippen LogP contribution >= 0.6 is 11.3 Å². The fourth-order valence-corrected chi connectivity index (χ4v) is 4.53. The zero-order chi connectivity index (χ0) is 17.4. The van der Waals surface area contributed by atoms with Crippen LogP contribution in [0.2, 0.25) is 0 Å². The van der Waals surface area contributed by atoms with Gasteiger partial charge in [0.1, 0.15) is 0 Å². The first kappa shape index (κ1) is 17.0. The Morgan fingerprint density at radius 3 is 2.88 bits per heavy atom. The Morgan fingerprint density at radius 1 is 1.50 bits per heavy atom. The van der Waals surface area contributed by atoms with Crippen molar-refractivity contribution < 1.29 is 9.63 Å². The lowest BCUT2D eigenvalue weighted by Crippen LogP contribution is -2.34. The standard InChI is InChI=1S/C17H24N4O2S/c1-16(2)12-4-6-17(16,3)13(8-12)19-20-14(22)9-23-21-15(18)11-5-7-24-10-11/h5,7,10,12H,4,6,8-9H2,1-3H3,(H2,18,21)(H,20,22)/t12-,17+/m0/s1. The highest BCUT2D eigenvalue weighted by molar-refractivity contribution is 7.08. The predicted octanol–water partition coefficient (Wildman–Crippen LogP) is 2.70.